The number of carbonyl (C=O) groups excluding carboxylic acids is 1. The van der Waals surface area contributed by atoms with Crippen LogP contribution >= 0.6 is 0 Å². The molecule has 0 spiro atoms. The largest absolute Gasteiger partial charge is 0.330 e. The van der Waals surface area contributed by atoms with E-state index in [0.717, 1.165) is 19.1 Å². The number of carbonyl (C=O) groups is 1. The van der Waals surface area contributed by atoms with Crippen molar-refractivity contribution in [2.75, 3.05) is 6.54 Å². The van der Waals surface area contributed by atoms with Crippen LogP contribution in [-0.2, 0) is 4.79 Å². The van der Waals surface area contributed by atoms with E-state index in [2.05, 4.69) is 0 Å². The normalized spacial score (nSPS) is 23.0. The second kappa shape index (κ2) is 3.86. The zero-order valence-corrected chi connectivity index (χ0v) is 7.01. The maximum Gasteiger partial charge on any atom is 0.120 e. The maximum atomic E-state index is 10.4. The van der Waals surface area contributed by atoms with Crippen LogP contribution in [0, 0.1) is 5.41 Å². The van der Waals surface area contributed by atoms with Crippen molar-refractivity contribution >= 4 is 6.29 Å². The molecule has 1 rings (SSSR count). The van der Waals surface area contributed by atoms with Crippen molar-refractivity contribution in [3.63, 3.8) is 0 Å². The molecule has 1 aliphatic carbocycles. The van der Waals surface area contributed by atoms with Gasteiger partial charge in [-0.15, -0.1) is 0 Å². The molecule has 0 saturated heterocycles. The summed E-state index contributed by atoms with van der Waals surface area (Å²) >= 11 is 0. The molecule has 2 nitrogen and oxygen atoms in total. The molecule has 0 atom stereocenters. The van der Waals surface area contributed by atoms with E-state index in [-0.39, 0.29) is 5.41 Å². The molecule has 64 valence electrons. The third-order valence-electron chi connectivity index (χ3n) is 2.86. The van der Waals surface area contributed by atoms with Crippen molar-refractivity contribution in [1.29, 1.82) is 0 Å². The van der Waals surface area contributed by atoms with Crippen LogP contribution in [0.25, 0.3) is 0 Å². The van der Waals surface area contributed by atoms with Crippen molar-refractivity contribution in [3.8, 4) is 0 Å². The van der Waals surface area contributed by atoms with E-state index in [4.69, 9.17) is 5.73 Å². The molecule has 0 aromatic rings. The lowest BCUT2D eigenvalue weighted by molar-refractivity contribution is -0.110. The maximum absolute atomic E-state index is 10.4. The molecule has 0 radical (unpaired) electrons. The molecule has 0 heterocycles. The Kier molecular flexibility index (Phi) is 3.06. The van der Waals surface area contributed by atoms with Crippen LogP contribution < -0.4 is 5.73 Å². The third kappa shape index (κ3) is 2.03. The first kappa shape index (κ1) is 8.72. The highest BCUT2D eigenvalue weighted by atomic mass is 16.1. The van der Waals surface area contributed by atoms with Crippen molar-refractivity contribution < 1.29 is 4.79 Å². The Morgan fingerprint density at radius 2 is 1.91 bits per heavy atom. The summed E-state index contributed by atoms with van der Waals surface area (Å²) in [5.41, 5.74) is 5.85. The lowest BCUT2D eigenvalue weighted by Gasteiger charge is -2.34. The van der Waals surface area contributed by atoms with Gasteiger partial charge in [-0.2, -0.15) is 0 Å². The molecule has 0 aliphatic heterocycles. The van der Waals surface area contributed by atoms with Gasteiger partial charge in [0.05, 0.1) is 0 Å². The number of aldehydes is 1. The fourth-order valence-electron chi connectivity index (χ4n) is 1.97. The number of hydrogen-bond donors (Lipinski definition) is 1. The van der Waals surface area contributed by atoms with Crippen molar-refractivity contribution in [2.24, 2.45) is 11.1 Å². The van der Waals surface area contributed by atoms with E-state index in [1.807, 2.05) is 0 Å². The lowest BCUT2D eigenvalue weighted by atomic mass is 9.72. The summed E-state index contributed by atoms with van der Waals surface area (Å²) in [6.07, 6.45) is 7.84. The van der Waals surface area contributed by atoms with Crippen LogP contribution in [0.4, 0.5) is 0 Å². The van der Waals surface area contributed by atoms with Gasteiger partial charge in [-0.05, 0) is 24.8 Å². The smallest absolute Gasteiger partial charge is 0.120 e. The first-order valence-electron chi connectivity index (χ1n) is 4.47. The molecule has 0 aromatic heterocycles. The molecular weight excluding hydrogens is 138 g/mol. The average molecular weight is 155 g/mol. The zero-order valence-electron chi connectivity index (χ0n) is 7.01. The van der Waals surface area contributed by atoms with Gasteiger partial charge < -0.3 is 10.5 Å². The second-order valence-corrected chi connectivity index (χ2v) is 3.64. The third-order valence-corrected chi connectivity index (χ3v) is 2.86. The van der Waals surface area contributed by atoms with E-state index in [0.29, 0.717) is 13.0 Å². The van der Waals surface area contributed by atoms with Gasteiger partial charge in [0.1, 0.15) is 6.29 Å². The molecule has 0 unspecified atom stereocenters. The van der Waals surface area contributed by atoms with Crippen LogP contribution in [-0.4, -0.2) is 12.8 Å². The monoisotopic (exact) mass is 155 g/mol. The van der Waals surface area contributed by atoms with Gasteiger partial charge in [0.25, 0.3) is 0 Å². The molecule has 0 amide bonds. The van der Waals surface area contributed by atoms with Gasteiger partial charge in [-0.3, -0.25) is 0 Å². The second-order valence-electron chi connectivity index (χ2n) is 3.64. The van der Waals surface area contributed by atoms with E-state index < -0.39 is 0 Å². The number of rotatable bonds is 3. The lowest BCUT2D eigenvalue weighted by Crippen LogP contribution is -2.33. The SMILES string of the molecule is NCC1(CC=O)CCCCC1. The molecular formula is C9H17NO. The Balaban J connectivity index is 2.49. The molecule has 11 heavy (non-hydrogen) atoms. The minimum Gasteiger partial charge on any atom is -0.330 e. The predicted octanol–water partition coefficient (Wildman–Crippen LogP) is 1.48. The highest BCUT2D eigenvalue weighted by Crippen LogP contribution is 2.37. The fraction of sp³-hybridized carbons (Fsp3) is 0.889. The summed E-state index contributed by atoms with van der Waals surface area (Å²) in [5.74, 6) is 0. The first-order chi connectivity index (χ1) is 5.33. The quantitative estimate of drug-likeness (QED) is 0.627. The van der Waals surface area contributed by atoms with Crippen LogP contribution in [0.15, 0.2) is 0 Å². The molecule has 0 aromatic carbocycles. The summed E-state index contributed by atoms with van der Waals surface area (Å²) in [7, 11) is 0. The van der Waals surface area contributed by atoms with E-state index in [1.54, 1.807) is 0 Å². The topological polar surface area (TPSA) is 43.1 Å². The summed E-state index contributed by atoms with van der Waals surface area (Å²) < 4.78 is 0. The Morgan fingerprint density at radius 1 is 1.27 bits per heavy atom. The Bertz CT molecular complexity index is 128. The van der Waals surface area contributed by atoms with Gasteiger partial charge in [0, 0.05) is 6.42 Å². The van der Waals surface area contributed by atoms with Crippen molar-refractivity contribution in [3.05, 3.63) is 0 Å². The van der Waals surface area contributed by atoms with E-state index in [1.165, 1.54) is 19.3 Å². The van der Waals surface area contributed by atoms with Crippen molar-refractivity contribution in [1.82, 2.24) is 0 Å². The Morgan fingerprint density at radius 3 is 2.36 bits per heavy atom. The molecule has 2 heteroatoms. The standard InChI is InChI=1S/C9H17NO/c10-8-9(6-7-11)4-2-1-3-5-9/h7H,1-6,8,10H2. The van der Waals surface area contributed by atoms with Crippen LogP contribution in [0.5, 0.6) is 0 Å². The average Bonchev–Trinajstić information content (AvgIpc) is 2.07. The van der Waals surface area contributed by atoms with Gasteiger partial charge in [0.2, 0.25) is 0 Å². The van der Waals surface area contributed by atoms with E-state index >= 15 is 0 Å². The summed E-state index contributed by atoms with van der Waals surface area (Å²) in [6, 6.07) is 0. The molecule has 1 aliphatic rings. The molecule has 1 saturated carbocycles. The molecule has 0 bridgehead atoms. The predicted molar refractivity (Wildman–Crippen MR) is 45.3 cm³/mol. The van der Waals surface area contributed by atoms with Gasteiger partial charge in [0.15, 0.2) is 0 Å². The molecule has 1 fully saturated rings. The summed E-state index contributed by atoms with van der Waals surface area (Å²) in [4.78, 5) is 10.4. The van der Waals surface area contributed by atoms with E-state index in [9.17, 15) is 4.79 Å². The van der Waals surface area contributed by atoms with Crippen LogP contribution in [0.3, 0.4) is 0 Å². The van der Waals surface area contributed by atoms with Gasteiger partial charge in [-0.1, -0.05) is 19.3 Å². The molecule has 2 N–H and O–H groups in total. The Hall–Kier alpha value is -0.370. The zero-order chi connectivity index (χ0) is 8.16. The Labute approximate surface area is 68.2 Å². The number of nitrogens with two attached hydrogens (primary N) is 1. The minimum atomic E-state index is 0.181. The fourth-order valence-corrected chi connectivity index (χ4v) is 1.97. The minimum absolute atomic E-state index is 0.181. The van der Waals surface area contributed by atoms with Crippen LogP contribution in [0.2, 0.25) is 0 Å². The van der Waals surface area contributed by atoms with Crippen LogP contribution in [0.1, 0.15) is 38.5 Å². The highest BCUT2D eigenvalue weighted by molar-refractivity contribution is 5.50. The van der Waals surface area contributed by atoms with Gasteiger partial charge >= 0.3 is 0 Å². The highest BCUT2D eigenvalue weighted by Gasteiger charge is 2.29. The summed E-state index contributed by atoms with van der Waals surface area (Å²) in [5, 5.41) is 0. The van der Waals surface area contributed by atoms with Crippen molar-refractivity contribution in [2.45, 2.75) is 38.5 Å². The number of hydrogen-bond acceptors (Lipinski definition) is 2. The first-order valence-corrected chi connectivity index (χ1v) is 4.47. The van der Waals surface area contributed by atoms with Gasteiger partial charge in [-0.25, -0.2) is 0 Å². The summed E-state index contributed by atoms with van der Waals surface area (Å²) in [6.45, 7) is 0.686.